The number of ether oxygens (including phenoxy) is 1. The van der Waals surface area contributed by atoms with Gasteiger partial charge in [0, 0.05) is 24.4 Å². The number of anilines is 1. The molecule has 0 fully saturated rings. The Kier molecular flexibility index (Phi) is 6.64. The van der Waals surface area contributed by atoms with Crippen LogP contribution < -0.4 is 15.4 Å². The monoisotopic (exact) mass is 405 g/mol. The molecule has 3 aromatic carbocycles. The quantitative estimate of drug-likeness (QED) is 0.633. The second kappa shape index (κ2) is 9.56. The number of carbonyl (C=O) groups excluding carboxylic acids is 3. The minimum Gasteiger partial charge on any atom is -0.497 e. The summed E-state index contributed by atoms with van der Waals surface area (Å²) in [5.74, 6) is -0.443. The Hall–Kier alpha value is -3.87. The van der Waals surface area contributed by atoms with E-state index in [1.165, 1.54) is 11.9 Å². The van der Waals surface area contributed by atoms with E-state index in [2.05, 4.69) is 10.6 Å². The zero-order valence-corrected chi connectivity index (χ0v) is 16.8. The average molecular weight is 405 g/mol. The Bertz CT molecular complexity index is 1080. The predicted molar refractivity (Wildman–Crippen MR) is 116 cm³/mol. The summed E-state index contributed by atoms with van der Waals surface area (Å²) in [4.78, 5) is 38.1. The highest BCUT2D eigenvalue weighted by Gasteiger charge is 2.15. The lowest BCUT2D eigenvalue weighted by Gasteiger charge is -2.17. The molecule has 0 unspecified atom stereocenters. The molecule has 0 heterocycles. The summed E-state index contributed by atoms with van der Waals surface area (Å²) in [7, 11) is 3.05. The van der Waals surface area contributed by atoms with E-state index in [0.717, 1.165) is 10.8 Å². The van der Waals surface area contributed by atoms with Gasteiger partial charge in [-0.2, -0.15) is 0 Å². The van der Waals surface area contributed by atoms with Crippen LogP contribution in [0.1, 0.15) is 10.4 Å². The number of hydrogen-bond acceptors (Lipinski definition) is 4. The van der Waals surface area contributed by atoms with Gasteiger partial charge in [0.15, 0.2) is 0 Å². The predicted octanol–water partition coefficient (Wildman–Crippen LogP) is 2.68. The highest BCUT2D eigenvalue weighted by Crippen LogP contribution is 2.17. The summed E-state index contributed by atoms with van der Waals surface area (Å²) in [5.41, 5.74) is 1.05. The molecule has 3 rings (SSSR count). The Morgan fingerprint density at radius 3 is 2.47 bits per heavy atom. The molecule has 0 aliphatic carbocycles. The highest BCUT2D eigenvalue weighted by atomic mass is 16.5. The van der Waals surface area contributed by atoms with E-state index in [1.54, 1.807) is 43.5 Å². The zero-order valence-electron chi connectivity index (χ0n) is 16.8. The van der Waals surface area contributed by atoms with E-state index in [-0.39, 0.29) is 30.8 Å². The molecule has 2 N–H and O–H groups in total. The SMILES string of the molecule is COc1cccc(NC(=O)CN(C)C(=O)CNC(=O)c2ccc3ccccc3c2)c1. The molecule has 0 aliphatic heterocycles. The van der Waals surface area contributed by atoms with Crippen LogP contribution in [0.15, 0.2) is 66.7 Å². The molecule has 0 radical (unpaired) electrons. The molecule has 3 aromatic rings. The van der Waals surface area contributed by atoms with Crippen molar-refractivity contribution in [2.45, 2.75) is 0 Å². The first kappa shape index (κ1) is 20.9. The second-order valence-corrected chi connectivity index (χ2v) is 6.77. The smallest absolute Gasteiger partial charge is 0.251 e. The van der Waals surface area contributed by atoms with E-state index < -0.39 is 0 Å². The first-order valence-electron chi connectivity index (χ1n) is 9.41. The molecule has 0 bridgehead atoms. The van der Waals surface area contributed by atoms with E-state index in [9.17, 15) is 14.4 Å². The summed E-state index contributed by atoms with van der Waals surface area (Å²) >= 11 is 0. The number of benzene rings is 3. The van der Waals surface area contributed by atoms with Crippen LogP contribution in [0, 0.1) is 0 Å². The molecule has 3 amide bonds. The fourth-order valence-corrected chi connectivity index (χ4v) is 2.93. The van der Waals surface area contributed by atoms with Crippen molar-refractivity contribution in [2.24, 2.45) is 0 Å². The van der Waals surface area contributed by atoms with Crippen molar-refractivity contribution in [3.63, 3.8) is 0 Å². The number of fused-ring (bicyclic) bond motifs is 1. The normalized spacial score (nSPS) is 10.3. The summed E-state index contributed by atoms with van der Waals surface area (Å²) in [6.07, 6.45) is 0. The van der Waals surface area contributed by atoms with Crippen molar-refractivity contribution in [3.05, 3.63) is 72.3 Å². The van der Waals surface area contributed by atoms with Crippen molar-refractivity contribution in [2.75, 3.05) is 32.6 Å². The molecule has 0 saturated carbocycles. The van der Waals surface area contributed by atoms with Crippen molar-refractivity contribution in [1.29, 1.82) is 0 Å². The topological polar surface area (TPSA) is 87.7 Å². The molecule has 30 heavy (non-hydrogen) atoms. The number of carbonyl (C=O) groups is 3. The largest absolute Gasteiger partial charge is 0.497 e. The van der Waals surface area contributed by atoms with Gasteiger partial charge in [-0.25, -0.2) is 0 Å². The molecular weight excluding hydrogens is 382 g/mol. The van der Waals surface area contributed by atoms with E-state index >= 15 is 0 Å². The lowest BCUT2D eigenvalue weighted by molar-refractivity contribution is -0.132. The third-order valence-electron chi connectivity index (χ3n) is 4.57. The number of likely N-dealkylation sites (N-methyl/N-ethyl adjacent to an activating group) is 1. The molecule has 0 aliphatic rings. The average Bonchev–Trinajstić information content (AvgIpc) is 2.76. The Morgan fingerprint density at radius 1 is 0.933 bits per heavy atom. The second-order valence-electron chi connectivity index (χ2n) is 6.77. The van der Waals surface area contributed by atoms with Gasteiger partial charge in [0.2, 0.25) is 11.8 Å². The lowest BCUT2D eigenvalue weighted by Crippen LogP contribution is -2.41. The van der Waals surface area contributed by atoms with Gasteiger partial charge in [-0.3, -0.25) is 14.4 Å². The number of nitrogens with zero attached hydrogens (tertiary/aromatic N) is 1. The Morgan fingerprint density at radius 2 is 1.70 bits per heavy atom. The minimum absolute atomic E-state index is 0.137. The van der Waals surface area contributed by atoms with Crippen LogP contribution in [0.4, 0.5) is 5.69 Å². The molecule has 0 atom stereocenters. The molecule has 7 nitrogen and oxygen atoms in total. The maximum absolute atomic E-state index is 12.4. The molecule has 154 valence electrons. The highest BCUT2D eigenvalue weighted by molar-refractivity contribution is 6.00. The number of nitrogens with one attached hydrogen (secondary N) is 2. The van der Waals surface area contributed by atoms with Gasteiger partial charge in [-0.05, 0) is 35.0 Å². The third kappa shape index (κ3) is 5.35. The zero-order chi connectivity index (χ0) is 21.5. The molecular formula is C23H23N3O4. The van der Waals surface area contributed by atoms with Crippen LogP contribution in [-0.2, 0) is 9.59 Å². The lowest BCUT2D eigenvalue weighted by atomic mass is 10.1. The first-order chi connectivity index (χ1) is 14.5. The fourth-order valence-electron chi connectivity index (χ4n) is 2.93. The Balaban J connectivity index is 1.50. The molecule has 0 saturated heterocycles. The maximum Gasteiger partial charge on any atom is 0.251 e. The van der Waals surface area contributed by atoms with Crippen molar-refractivity contribution < 1.29 is 19.1 Å². The summed E-state index contributed by atoms with van der Waals surface area (Å²) in [5, 5.41) is 7.30. The van der Waals surface area contributed by atoms with E-state index in [0.29, 0.717) is 17.0 Å². The van der Waals surface area contributed by atoms with Crippen molar-refractivity contribution in [3.8, 4) is 5.75 Å². The number of rotatable bonds is 7. The van der Waals surface area contributed by atoms with Gasteiger partial charge < -0.3 is 20.3 Å². The van der Waals surface area contributed by atoms with Crippen LogP contribution in [0.5, 0.6) is 5.75 Å². The van der Waals surface area contributed by atoms with Crippen LogP contribution in [0.25, 0.3) is 10.8 Å². The van der Waals surface area contributed by atoms with Crippen LogP contribution in [0.3, 0.4) is 0 Å². The summed E-state index contributed by atoms with van der Waals surface area (Å²) in [6, 6.07) is 20.0. The summed E-state index contributed by atoms with van der Waals surface area (Å²) < 4.78 is 5.11. The standard InChI is InChI=1S/C23H23N3O4/c1-26(15-21(27)25-19-8-5-9-20(13-19)30-2)22(28)14-24-23(29)18-11-10-16-6-3-4-7-17(16)12-18/h3-13H,14-15H2,1-2H3,(H,24,29)(H,25,27). The van der Waals surface area contributed by atoms with Gasteiger partial charge in [0.05, 0.1) is 20.2 Å². The molecule has 0 spiro atoms. The van der Waals surface area contributed by atoms with Gasteiger partial charge in [0.25, 0.3) is 5.91 Å². The number of amides is 3. The minimum atomic E-state index is -0.370. The fraction of sp³-hybridized carbons (Fsp3) is 0.174. The molecule has 0 aromatic heterocycles. The van der Waals surface area contributed by atoms with Crippen LogP contribution >= 0.6 is 0 Å². The third-order valence-corrected chi connectivity index (χ3v) is 4.57. The Labute approximate surface area is 174 Å². The van der Waals surface area contributed by atoms with E-state index in [4.69, 9.17) is 4.74 Å². The van der Waals surface area contributed by atoms with Crippen molar-refractivity contribution >= 4 is 34.2 Å². The van der Waals surface area contributed by atoms with Crippen molar-refractivity contribution in [1.82, 2.24) is 10.2 Å². The van der Waals surface area contributed by atoms with Gasteiger partial charge in [-0.15, -0.1) is 0 Å². The first-order valence-corrected chi connectivity index (χ1v) is 9.41. The maximum atomic E-state index is 12.4. The van der Waals surface area contributed by atoms with Crippen LogP contribution in [0.2, 0.25) is 0 Å². The molecule has 7 heteroatoms. The van der Waals surface area contributed by atoms with Gasteiger partial charge in [0.1, 0.15) is 5.75 Å². The van der Waals surface area contributed by atoms with Crippen LogP contribution in [-0.4, -0.2) is 49.9 Å². The number of hydrogen-bond donors (Lipinski definition) is 2. The summed E-state index contributed by atoms with van der Waals surface area (Å²) in [6.45, 7) is -0.337. The van der Waals surface area contributed by atoms with Gasteiger partial charge in [-0.1, -0.05) is 36.4 Å². The van der Waals surface area contributed by atoms with Gasteiger partial charge >= 0.3 is 0 Å². The number of methoxy groups -OCH3 is 1. The van der Waals surface area contributed by atoms with E-state index in [1.807, 2.05) is 30.3 Å².